The summed E-state index contributed by atoms with van der Waals surface area (Å²) in [7, 11) is 4.02. The van der Waals surface area contributed by atoms with E-state index in [-0.39, 0.29) is 0 Å². The molecular formula is C9H19N3S. The van der Waals surface area contributed by atoms with Gasteiger partial charge >= 0.3 is 0 Å². The number of nitrogens with one attached hydrogen (secondary N) is 2. The van der Waals surface area contributed by atoms with Crippen LogP contribution in [0, 0.1) is 0 Å². The van der Waals surface area contributed by atoms with E-state index in [9.17, 15) is 0 Å². The fourth-order valence-corrected chi connectivity index (χ4v) is 1.90. The number of rotatable bonds is 1. The predicted molar refractivity (Wildman–Crippen MR) is 59.9 cm³/mol. The topological polar surface area (TPSA) is 27.3 Å². The molecule has 1 aliphatic rings. The van der Waals surface area contributed by atoms with Crippen LogP contribution in [-0.2, 0) is 0 Å². The Kier molecular flexibility index (Phi) is 3.93. The quantitative estimate of drug-likeness (QED) is 0.606. The summed E-state index contributed by atoms with van der Waals surface area (Å²) >= 11 is 5.09. The van der Waals surface area contributed by atoms with Gasteiger partial charge in [0, 0.05) is 19.1 Å². The third kappa shape index (κ3) is 2.81. The number of nitrogens with zero attached hydrogens (tertiary/aromatic N) is 1. The van der Waals surface area contributed by atoms with E-state index < -0.39 is 0 Å². The van der Waals surface area contributed by atoms with Gasteiger partial charge in [0.2, 0.25) is 0 Å². The van der Waals surface area contributed by atoms with Gasteiger partial charge in [0.1, 0.15) is 0 Å². The summed E-state index contributed by atoms with van der Waals surface area (Å²) in [5.74, 6) is 0. The van der Waals surface area contributed by atoms with Gasteiger partial charge in [-0.2, -0.15) is 0 Å². The van der Waals surface area contributed by atoms with Crippen LogP contribution in [0.1, 0.15) is 19.8 Å². The molecule has 1 rings (SSSR count). The SMILES string of the molecule is CNC(=S)NC1CCCN(C)C1C. The normalized spacial score (nSPS) is 29.8. The lowest BCUT2D eigenvalue weighted by atomic mass is 9.98. The first kappa shape index (κ1) is 10.7. The van der Waals surface area contributed by atoms with Crippen LogP contribution in [0.2, 0.25) is 0 Å². The molecule has 0 aromatic rings. The molecule has 0 aliphatic carbocycles. The zero-order chi connectivity index (χ0) is 9.84. The van der Waals surface area contributed by atoms with E-state index in [1.165, 1.54) is 19.4 Å². The first-order chi connectivity index (χ1) is 6.15. The molecule has 3 nitrogen and oxygen atoms in total. The molecule has 2 unspecified atom stereocenters. The van der Waals surface area contributed by atoms with E-state index in [0.29, 0.717) is 12.1 Å². The molecule has 4 heteroatoms. The van der Waals surface area contributed by atoms with Gasteiger partial charge in [-0.3, -0.25) is 0 Å². The molecule has 1 heterocycles. The lowest BCUT2D eigenvalue weighted by molar-refractivity contribution is 0.166. The molecular weight excluding hydrogens is 182 g/mol. The van der Waals surface area contributed by atoms with Gasteiger partial charge < -0.3 is 15.5 Å². The molecule has 1 aliphatic heterocycles. The average Bonchev–Trinajstić information content (AvgIpc) is 2.13. The van der Waals surface area contributed by atoms with E-state index in [0.717, 1.165) is 5.11 Å². The number of likely N-dealkylation sites (tertiary alicyclic amines) is 1. The maximum absolute atomic E-state index is 5.09. The Balaban J connectivity index is 2.43. The largest absolute Gasteiger partial charge is 0.366 e. The summed E-state index contributed by atoms with van der Waals surface area (Å²) < 4.78 is 0. The first-order valence-electron chi connectivity index (χ1n) is 4.83. The monoisotopic (exact) mass is 201 g/mol. The Bertz CT molecular complexity index is 184. The van der Waals surface area contributed by atoms with E-state index >= 15 is 0 Å². The highest BCUT2D eigenvalue weighted by atomic mass is 32.1. The molecule has 0 saturated carbocycles. The van der Waals surface area contributed by atoms with E-state index in [2.05, 4.69) is 29.5 Å². The summed E-state index contributed by atoms with van der Waals surface area (Å²) in [4.78, 5) is 2.37. The van der Waals surface area contributed by atoms with Crippen molar-refractivity contribution >= 4 is 17.3 Å². The lowest BCUT2D eigenvalue weighted by Crippen LogP contribution is -2.54. The van der Waals surface area contributed by atoms with Crippen LogP contribution >= 0.6 is 12.2 Å². The second-order valence-electron chi connectivity index (χ2n) is 3.69. The molecule has 0 aromatic heterocycles. The van der Waals surface area contributed by atoms with Crippen LogP contribution in [0.15, 0.2) is 0 Å². The Morgan fingerprint density at radius 2 is 2.23 bits per heavy atom. The molecule has 0 radical (unpaired) electrons. The van der Waals surface area contributed by atoms with Crippen molar-refractivity contribution in [3.8, 4) is 0 Å². The second-order valence-corrected chi connectivity index (χ2v) is 4.10. The molecule has 1 fully saturated rings. The van der Waals surface area contributed by atoms with Crippen molar-refractivity contribution in [3.05, 3.63) is 0 Å². The highest BCUT2D eigenvalue weighted by Crippen LogP contribution is 2.15. The van der Waals surface area contributed by atoms with Gasteiger partial charge in [-0.15, -0.1) is 0 Å². The van der Waals surface area contributed by atoms with Crippen LogP contribution in [0.4, 0.5) is 0 Å². The lowest BCUT2D eigenvalue weighted by Gasteiger charge is -2.37. The summed E-state index contributed by atoms with van der Waals surface area (Å²) in [6.07, 6.45) is 2.47. The van der Waals surface area contributed by atoms with Crippen molar-refractivity contribution in [2.45, 2.75) is 31.8 Å². The molecule has 2 atom stereocenters. The fourth-order valence-electron chi connectivity index (χ4n) is 1.75. The maximum Gasteiger partial charge on any atom is 0.166 e. The number of hydrogen-bond donors (Lipinski definition) is 2. The number of piperidine rings is 1. The minimum atomic E-state index is 0.499. The first-order valence-corrected chi connectivity index (χ1v) is 5.24. The minimum absolute atomic E-state index is 0.499. The Labute approximate surface area is 85.9 Å². The zero-order valence-electron chi connectivity index (χ0n) is 8.63. The highest BCUT2D eigenvalue weighted by molar-refractivity contribution is 7.80. The Morgan fingerprint density at radius 1 is 1.54 bits per heavy atom. The number of hydrogen-bond acceptors (Lipinski definition) is 2. The minimum Gasteiger partial charge on any atom is -0.366 e. The van der Waals surface area contributed by atoms with Crippen LogP contribution < -0.4 is 10.6 Å². The van der Waals surface area contributed by atoms with E-state index in [1.54, 1.807) is 0 Å². The molecule has 1 saturated heterocycles. The molecule has 76 valence electrons. The maximum atomic E-state index is 5.09. The number of likely N-dealkylation sites (N-methyl/N-ethyl adjacent to an activating group) is 1. The second kappa shape index (κ2) is 4.77. The van der Waals surface area contributed by atoms with Crippen molar-refractivity contribution in [2.75, 3.05) is 20.6 Å². The third-order valence-corrected chi connectivity index (χ3v) is 3.17. The fraction of sp³-hybridized carbons (Fsp3) is 0.889. The van der Waals surface area contributed by atoms with Crippen molar-refractivity contribution in [1.29, 1.82) is 0 Å². The molecule has 13 heavy (non-hydrogen) atoms. The third-order valence-electron chi connectivity index (χ3n) is 2.85. The highest BCUT2D eigenvalue weighted by Gasteiger charge is 2.25. The van der Waals surface area contributed by atoms with E-state index in [4.69, 9.17) is 12.2 Å². The van der Waals surface area contributed by atoms with Crippen LogP contribution in [0.25, 0.3) is 0 Å². The van der Waals surface area contributed by atoms with Crippen molar-refractivity contribution in [3.63, 3.8) is 0 Å². The summed E-state index contributed by atoms with van der Waals surface area (Å²) in [6.45, 7) is 3.45. The zero-order valence-corrected chi connectivity index (χ0v) is 9.45. The van der Waals surface area contributed by atoms with Crippen LogP contribution in [0.5, 0.6) is 0 Å². The van der Waals surface area contributed by atoms with Crippen LogP contribution in [-0.4, -0.2) is 42.7 Å². The van der Waals surface area contributed by atoms with Crippen LogP contribution in [0.3, 0.4) is 0 Å². The van der Waals surface area contributed by atoms with Gasteiger partial charge in [-0.1, -0.05) is 0 Å². The van der Waals surface area contributed by atoms with Crippen molar-refractivity contribution in [2.24, 2.45) is 0 Å². The van der Waals surface area contributed by atoms with E-state index in [1.807, 2.05) is 7.05 Å². The van der Waals surface area contributed by atoms with Gasteiger partial charge in [-0.25, -0.2) is 0 Å². The molecule has 0 bridgehead atoms. The standard InChI is InChI=1S/C9H19N3S/c1-7-8(11-9(13)10-2)5-4-6-12(7)3/h7-8H,4-6H2,1-3H3,(H2,10,11,13). The summed E-state index contributed by atoms with van der Waals surface area (Å²) in [6, 6.07) is 1.07. The average molecular weight is 201 g/mol. The molecule has 2 N–H and O–H groups in total. The molecule has 0 spiro atoms. The van der Waals surface area contributed by atoms with Gasteiger partial charge in [0.25, 0.3) is 0 Å². The molecule has 0 aromatic carbocycles. The summed E-state index contributed by atoms with van der Waals surface area (Å²) in [5.41, 5.74) is 0. The van der Waals surface area contributed by atoms with Crippen molar-refractivity contribution in [1.82, 2.24) is 15.5 Å². The predicted octanol–water partition coefficient (Wildman–Crippen LogP) is 0.563. The van der Waals surface area contributed by atoms with Crippen molar-refractivity contribution < 1.29 is 0 Å². The number of thiocarbonyl (C=S) groups is 1. The molecule has 0 amide bonds. The summed E-state index contributed by atoms with van der Waals surface area (Å²) in [5, 5.41) is 7.03. The Morgan fingerprint density at radius 3 is 2.85 bits per heavy atom. The Hall–Kier alpha value is -0.350. The van der Waals surface area contributed by atoms with Gasteiger partial charge in [-0.05, 0) is 45.6 Å². The van der Waals surface area contributed by atoms with Gasteiger partial charge in [0.15, 0.2) is 5.11 Å². The van der Waals surface area contributed by atoms with Gasteiger partial charge in [0.05, 0.1) is 0 Å². The smallest absolute Gasteiger partial charge is 0.166 e.